The predicted molar refractivity (Wildman–Crippen MR) is 47.3 cm³/mol. The minimum absolute atomic E-state index is 0. The van der Waals surface area contributed by atoms with Gasteiger partial charge in [-0.15, -0.1) is 6.58 Å². The van der Waals surface area contributed by atoms with Crippen molar-refractivity contribution in [3.8, 4) is 0 Å². The minimum Gasteiger partial charge on any atom is -0.748 e. The summed E-state index contributed by atoms with van der Waals surface area (Å²) in [7, 11) is -4.26. The summed E-state index contributed by atoms with van der Waals surface area (Å²) < 4.78 is 34.8. The van der Waals surface area contributed by atoms with Gasteiger partial charge in [-0.25, -0.2) is 8.42 Å². The number of hydrogen-bond acceptors (Lipinski definition) is 5. The van der Waals surface area contributed by atoms with E-state index in [9.17, 15) is 13.0 Å². The third-order valence-electron chi connectivity index (χ3n) is 1.02. The predicted octanol–water partition coefficient (Wildman–Crippen LogP) is -0.181. The first kappa shape index (κ1) is 15.0. The molecule has 0 aliphatic carbocycles. The van der Waals surface area contributed by atoms with Crippen LogP contribution in [0.3, 0.4) is 0 Å². The Morgan fingerprint density at radius 1 is 1.62 bits per heavy atom. The van der Waals surface area contributed by atoms with Crippen molar-refractivity contribution in [3.63, 3.8) is 0 Å². The van der Waals surface area contributed by atoms with Crippen molar-refractivity contribution in [1.82, 2.24) is 6.15 Å². The van der Waals surface area contributed by atoms with Gasteiger partial charge >= 0.3 is 0 Å². The summed E-state index contributed by atoms with van der Waals surface area (Å²) in [5.74, 6) is -0.620. The zero-order valence-corrected chi connectivity index (χ0v) is 8.29. The Bertz CT molecular complexity index is 225. The average Bonchev–Trinajstić information content (AvgIpc) is 1.95. The lowest BCUT2D eigenvalue weighted by Gasteiger charge is -2.11. The van der Waals surface area contributed by atoms with Crippen LogP contribution >= 0.6 is 0 Å². The van der Waals surface area contributed by atoms with Crippen LogP contribution in [0.5, 0.6) is 0 Å². The molecule has 13 heavy (non-hydrogen) atoms. The molecule has 6 nitrogen and oxygen atoms in total. The lowest BCUT2D eigenvalue weighted by Crippen LogP contribution is -2.17. The van der Waals surface area contributed by atoms with Crippen molar-refractivity contribution in [2.45, 2.75) is 12.7 Å². The van der Waals surface area contributed by atoms with Gasteiger partial charge in [-0.2, -0.15) is 0 Å². The quantitative estimate of drug-likeness (QED) is 0.360. The third-order valence-corrected chi connectivity index (χ3v) is 1.76. The van der Waals surface area contributed by atoms with Crippen LogP contribution in [0, 0.1) is 0 Å². The molecule has 0 amide bonds. The molecule has 0 rings (SSSR count). The van der Waals surface area contributed by atoms with Crippen LogP contribution in [0.25, 0.3) is 0 Å². The van der Waals surface area contributed by atoms with E-state index in [1.165, 1.54) is 6.08 Å². The molecule has 1 atom stereocenters. The Labute approximate surface area is 77.5 Å². The molecule has 0 aliphatic rings. The van der Waals surface area contributed by atoms with E-state index < -0.39 is 22.2 Å². The van der Waals surface area contributed by atoms with Crippen LogP contribution in [-0.2, 0) is 14.9 Å². The molecule has 0 fully saturated rings. The van der Waals surface area contributed by atoms with E-state index in [0.29, 0.717) is 0 Å². The fourth-order valence-corrected chi connectivity index (χ4v) is 0.998. The van der Waals surface area contributed by atoms with Gasteiger partial charge in [-0.1, -0.05) is 6.08 Å². The van der Waals surface area contributed by atoms with Crippen molar-refractivity contribution >= 4 is 10.1 Å². The first-order chi connectivity index (χ1) is 5.45. The number of aliphatic hydroxyl groups excluding tert-OH is 1. The summed E-state index contributed by atoms with van der Waals surface area (Å²) in [6, 6.07) is 0. The van der Waals surface area contributed by atoms with Crippen molar-refractivity contribution in [2.24, 2.45) is 0 Å². The van der Waals surface area contributed by atoms with Crippen LogP contribution in [0.15, 0.2) is 12.7 Å². The molecule has 0 saturated heterocycles. The summed E-state index contributed by atoms with van der Waals surface area (Å²) in [6.45, 7) is 3.45. The first-order valence-corrected chi connectivity index (χ1v) is 4.87. The summed E-state index contributed by atoms with van der Waals surface area (Å²) in [6.07, 6.45) is -0.0130. The molecular formula is C6H15NO5S. The topological polar surface area (TPSA) is 123 Å². The zero-order valence-electron chi connectivity index (χ0n) is 7.47. The van der Waals surface area contributed by atoms with Gasteiger partial charge in [0.05, 0.1) is 16.7 Å². The fraction of sp³-hybridized carbons (Fsp3) is 0.667. The fourth-order valence-electron chi connectivity index (χ4n) is 0.508. The highest BCUT2D eigenvalue weighted by Crippen LogP contribution is 1.97. The van der Waals surface area contributed by atoms with Gasteiger partial charge < -0.3 is 20.5 Å². The lowest BCUT2D eigenvalue weighted by atomic mass is 10.5. The van der Waals surface area contributed by atoms with Crippen LogP contribution in [0.1, 0.15) is 6.42 Å². The lowest BCUT2D eigenvalue weighted by molar-refractivity contribution is -0.0892. The highest BCUT2D eigenvalue weighted by Gasteiger charge is 2.05. The number of rotatable bonds is 6. The van der Waals surface area contributed by atoms with E-state index in [4.69, 9.17) is 5.11 Å². The SMILES string of the molecule is C=CCOC(O)CCS(=O)(=O)[O-].[NH4+]. The molecule has 0 heterocycles. The van der Waals surface area contributed by atoms with E-state index in [-0.39, 0.29) is 19.2 Å². The van der Waals surface area contributed by atoms with Gasteiger partial charge in [0.1, 0.15) is 0 Å². The summed E-state index contributed by atoms with van der Waals surface area (Å²) in [5, 5.41) is 8.87. The normalized spacial score (nSPS) is 13.1. The monoisotopic (exact) mass is 213 g/mol. The molecular weight excluding hydrogens is 198 g/mol. The molecule has 0 aromatic rings. The molecule has 1 unspecified atom stereocenters. The van der Waals surface area contributed by atoms with Gasteiger partial charge in [0.25, 0.3) is 0 Å². The standard InChI is InChI=1S/C6H12O5S.H3N/c1-2-4-11-6(7)3-5-12(8,9)10;/h2,6-7H,1,3-5H2,(H,8,9,10);1H3. The van der Waals surface area contributed by atoms with E-state index in [1.807, 2.05) is 0 Å². The van der Waals surface area contributed by atoms with Crippen molar-refractivity contribution < 1.29 is 22.8 Å². The van der Waals surface area contributed by atoms with Gasteiger partial charge in [0, 0.05) is 12.2 Å². The smallest absolute Gasteiger partial charge is 0.155 e. The summed E-state index contributed by atoms with van der Waals surface area (Å²) in [4.78, 5) is 0. The van der Waals surface area contributed by atoms with Crippen molar-refractivity contribution in [1.29, 1.82) is 0 Å². The first-order valence-electron chi connectivity index (χ1n) is 3.30. The number of quaternary nitrogens is 1. The summed E-state index contributed by atoms with van der Waals surface area (Å²) >= 11 is 0. The highest BCUT2D eigenvalue weighted by molar-refractivity contribution is 7.85. The van der Waals surface area contributed by atoms with Crippen LogP contribution in [0.4, 0.5) is 0 Å². The number of aliphatic hydroxyl groups is 1. The molecule has 0 aliphatic heterocycles. The molecule has 0 aromatic carbocycles. The Balaban J connectivity index is 0. The Hall–Kier alpha value is -0.470. The van der Waals surface area contributed by atoms with Crippen molar-refractivity contribution in [3.05, 3.63) is 12.7 Å². The molecule has 0 saturated carbocycles. The molecule has 80 valence electrons. The highest BCUT2D eigenvalue weighted by atomic mass is 32.2. The average molecular weight is 213 g/mol. The second-order valence-corrected chi connectivity index (χ2v) is 3.65. The van der Waals surface area contributed by atoms with Gasteiger partial charge in [-0.3, -0.25) is 0 Å². The van der Waals surface area contributed by atoms with E-state index in [1.54, 1.807) is 0 Å². The van der Waals surface area contributed by atoms with Crippen LogP contribution in [0.2, 0.25) is 0 Å². The van der Waals surface area contributed by atoms with Crippen molar-refractivity contribution in [2.75, 3.05) is 12.4 Å². The van der Waals surface area contributed by atoms with E-state index >= 15 is 0 Å². The molecule has 0 spiro atoms. The maximum atomic E-state index is 10.1. The molecule has 5 N–H and O–H groups in total. The molecule has 0 aromatic heterocycles. The maximum absolute atomic E-state index is 10.1. The third kappa shape index (κ3) is 11.5. The second kappa shape index (κ2) is 6.98. The molecule has 0 bridgehead atoms. The van der Waals surface area contributed by atoms with Crippen LogP contribution < -0.4 is 6.15 Å². The van der Waals surface area contributed by atoms with E-state index in [0.717, 1.165) is 0 Å². The second-order valence-electron chi connectivity index (χ2n) is 2.13. The van der Waals surface area contributed by atoms with Gasteiger partial charge in [-0.05, 0) is 0 Å². The van der Waals surface area contributed by atoms with Crippen LogP contribution in [-0.4, -0.2) is 36.7 Å². The minimum atomic E-state index is -4.26. The zero-order chi connectivity index (χ0) is 9.61. The molecule has 0 radical (unpaired) electrons. The largest absolute Gasteiger partial charge is 0.748 e. The number of ether oxygens (including phenoxy) is 1. The summed E-state index contributed by atoms with van der Waals surface area (Å²) in [5.41, 5.74) is 0. The van der Waals surface area contributed by atoms with E-state index in [2.05, 4.69) is 11.3 Å². The van der Waals surface area contributed by atoms with Gasteiger partial charge in [0.2, 0.25) is 0 Å². The Kier molecular flexibility index (Phi) is 8.07. The maximum Gasteiger partial charge on any atom is 0.155 e. The van der Waals surface area contributed by atoms with Gasteiger partial charge in [0.15, 0.2) is 6.29 Å². The Morgan fingerprint density at radius 3 is 2.54 bits per heavy atom. The Morgan fingerprint density at radius 2 is 2.15 bits per heavy atom. The molecule has 7 heteroatoms. The number of hydrogen-bond donors (Lipinski definition) is 2.